The normalized spacial score (nSPS) is 33.8. The molecule has 0 bridgehead atoms. The molecule has 25 heavy (non-hydrogen) atoms. The number of hydrogen-bond acceptors (Lipinski definition) is 2. The van der Waals surface area contributed by atoms with Crippen molar-refractivity contribution in [3.63, 3.8) is 0 Å². The Morgan fingerprint density at radius 3 is 2.80 bits per heavy atom. The fourth-order valence-corrected chi connectivity index (χ4v) is 5.85. The molecule has 0 radical (unpaired) electrons. The molecule has 4 unspecified atom stereocenters. The monoisotopic (exact) mass is 339 g/mol. The smallest absolute Gasteiger partial charge is 0.252 e. The summed E-state index contributed by atoms with van der Waals surface area (Å²) in [7, 11) is 1.62. The van der Waals surface area contributed by atoms with E-state index in [0.717, 1.165) is 18.3 Å². The SMILES string of the molecule is C=C1CCC2CC3CCc4cc(C(N)=O)c(OC)cc4C3CCC12C. The Morgan fingerprint density at radius 2 is 2.08 bits per heavy atom. The Bertz CT molecular complexity index is 738. The lowest BCUT2D eigenvalue weighted by atomic mass is 9.71. The van der Waals surface area contributed by atoms with Crippen molar-refractivity contribution in [3.05, 3.63) is 41.0 Å². The molecule has 3 aliphatic rings. The van der Waals surface area contributed by atoms with Crippen molar-refractivity contribution < 1.29 is 9.53 Å². The molecule has 1 aromatic carbocycles. The molecule has 1 amide bonds. The van der Waals surface area contributed by atoms with Gasteiger partial charge in [-0.05, 0) is 91.4 Å². The van der Waals surface area contributed by atoms with Crippen molar-refractivity contribution in [2.24, 2.45) is 23.0 Å². The third kappa shape index (κ3) is 2.51. The van der Waals surface area contributed by atoms with E-state index in [0.29, 0.717) is 22.6 Å². The summed E-state index contributed by atoms with van der Waals surface area (Å²) in [5.41, 5.74) is 10.6. The maximum absolute atomic E-state index is 11.7. The van der Waals surface area contributed by atoms with Gasteiger partial charge in [0.15, 0.2) is 0 Å². The Hall–Kier alpha value is -1.77. The number of amides is 1. The molecule has 0 aliphatic heterocycles. The second kappa shape index (κ2) is 5.89. The molecule has 0 aromatic heterocycles. The van der Waals surface area contributed by atoms with Gasteiger partial charge in [0.1, 0.15) is 5.75 Å². The van der Waals surface area contributed by atoms with Crippen molar-refractivity contribution in [2.45, 2.75) is 57.8 Å². The molecule has 134 valence electrons. The molecular formula is C22H29NO2. The zero-order valence-electron chi connectivity index (χ0n) is 15.4. The first kappa shape index (κ1) is 16.7. The van der Waals surface area contributed by atoms with Crippen molar-refractivity contribution >= 4 is 5.91 Å². The van der Waals surface area contributed by atoms with E-state index in [-0.39, 0.29) is 0 Å². The number of primary amides is 1. The van der Waals surface area contributed by atoms with Gasteiger partial charge < -0.3 is 10.5 Å². The number of carbonyl (C=O) groups excluding carboxylic acids is 1. The highest BCUT2D eigenvalue weighted by molar-refractivity contribution is 5.96. The van der Waals surface area contributed by atoms with Crippen LogP contribution in [0.4, 0.5) is 0 Å². The van der Waals surface area contributed by atoms with Crippen molar-refractivity contribution in [1.29, 1.82) is 0 Å². The van der Waals surface area contributed by atoms with Gasteiger partial charge in [0, 0.05) is 0 Å². The molecule has 3 nitrogen and oxygen atoms in total. The van der Waals surface area contributed by atoms with Crippen LogP contribution in [-0.4, -0.2) is 13.0 Å². The number of carbonyl (C=O) groups is 1. The summed E-state index contributed by atoms with van der Waals surface area (Å²) in [5.74, 6) is 2.35. The summed E-state index contributed by atoms with van der Waals surface area (Å²) >= 11 is 0. The number of methoxy groups -OCH3 is 1. The van der Waals surface area contributed by atoms with Crippen LogP contribution >= 0.6 is 0 Å². The van der Waals surface area contributed by atoms with E-state index in [1.54, 1.807) is 7.11 Å². The molecule has 4 atom stereocenters. The molecule has 0 saturated heterocycles. The van der Waals surface area contributed by atoms with Crippen LogP contribution in [-0.2, 0) is 6.42 Å². The predicted octanol–water partition coefficient (Wildman–Crippen LogP) is 4.60. The minimum absolute atomic E-state index is 0.328. The van der Waals surface area contributed by atoms with Crippen LogP contribution in [0, 0.1) is 17.3 Å². The van der Waals surface area contributed by atoms with Gasteiger partial charge >= 0.3 is 0 Å². The Kier molecular flexibility index (Phi) is 3.93. The van der Waals surface area contributed by atoms with E-state index >= 15 is 0 Å². The number of nitrogens with two attached hydrogens (primary N) is 1. The van der Waals surface area contributed by atoms with Crippen LogP contribution < -0.4 is 10.5 Å². The number of hydrogen-bond donors (Lipinski definition) is 1. The van der Waals surface area contributed by atoms with E-state index in [9.17, 15) is 4.79 Å². The van der Waals surface area contributed by atoms with E-state index in [1.165, 1.54) is 55.2 Å². The Morgan fingerprint density at radius 1 is 1.28 bits per heavy atom. The Balaban J connectivity index is 1.72. The van der Waals surface area contributed by atoms with Gasteiger partial charge in [0.25, 0.3) is 5.91 Å². The van der Waals surface area contributed by atoms with Gasteiger partial charge in [-0.3, -0.25) is 4.79 Å². The van der Waals surface area contributed by atoms with E-state index in [2.05, 4.69) is 19.6 Å². The molecule has 0 heterocycles. The first-order valence-corrected chi connectivity index (χ1v) is 9.63. The average molecular weight is 339 g/mol. The van der Waals surface area contributed by atoms with Crippen molar-refractivity contribution in [2.75, 3.05) is 7.11 Å². The van der Waals surface area contributed by atoms with Gasteiger partial charge in [-0.25, -0.2) is 0 Å². The fourth-order valence-electron chi connectivity index (χ4n) is 5.85. The third-order valence-corrected chi connectivity index (χ3v) is 7.55. The first-order chi connectivity index (χ1) is 11.9. The summed E-state index contributed by atoms with van der Waals surface area (Å²) in [6.45, 7) is 6.85. The number of rotatable bonds is 2. The van der Waals surface area contributed by atoms with E-state index in [1.807, 2.05) is 6.07 Å². The zero-order valence-corrected chi connectivity index (χ0v) is 15.4. The number of ether oxygens (including phenoxy) is 1. The van der Waals surface area contributed by atoms with Crippen LogP contribution in [0.2, 0.25) is 0 Å². The topological polar surface area (TPSA) is 52.3 Å². The molecule has 2 saturated carbocycles. The van der Waals surface area contributed by atoms with Crippen LogP contribution in [0.1, 0.15) is 72.9 Å². The van der Waals surface area contributed by atoms with Crippen LogP contribution in [0.3, 0.4) is 0 Å². The summed E-state index contributed by atoms with van der Waals surface area (Å²) in [4.78, 5) is 11.7. The fraction of sp³-hybridized carbons (Fsp3) is 0.591. The van der Waals surface area contributed by atoms with Gasteiger partial charge in [-0.1, -0.05) is 19.1 Å². The largest absolute Gasteiger partial charge is 0.496 e. The van der Waals surface area contributed by atoms with E-state index in [4.69, 9.17) is 10.5 Å². The lowest BCUT2D eigenvalue weighted by Gasteiger charge is -2.34. The molecule has 3 heteroatoms. The van der Waals surface area contributed by atoms with Gasteiger partial charge in [0.2, 0.25) is 0 Å². The number of benzene rings is 1. The lowest BCUT2D eigenvalue weighted by Crippen LogP contribution is -2.24. The standard InChI is InChI=1S/C22H29NO2/c1-13-4-7-16-10-14-5-6-15-11-19(21(23)24)20(25-3)12-18(15)17(14)8-9-22(13,16)2/h11-12,14,16-17H,1,4-10H2,2-3H3,(H2,23,24). The summed E-state index contributed by atoms with van der Waals surface area (Å²) in [6, 6.07) is 4.09. The molecule has 0 spiro atoms. The van der Waals surface area contributed by atoms with E-state index < -0.39 is 5.91 Å². The molecule has 4 rings (SSSR count). The second-order valence-electron chi connectivity index (χ2n) is 8.55. The number of aryl methyl sites for hydroxylation is 1. The lowest BCUT2D eigenvalue weighted by molar-refractivity contribution is 0.0997. The van der Waals surface area contributed by atoms with Crippen molar-refractivity contribution in [1.82, 2.24) is 0 Å². The highest BCUT2D eigenvalue weighted by Gasteiger charge is 2.47. The minimum Gasteiger partial charge on any atom is -0.496 e. The Labute approximate surface area is 150 Å². The number of allylic oxidation sites excluding steroid dienone is 1. The van der Waals surface area contributed by atoms with Gasteiger partial charge in [0.05, 0.1) is 12.7 Å². The molecular weight excluding hydrogens is 310 g/mol. The highest BCUT2D eigenvalue weighted by Crippen LogP contribution is 2.58. The summed E-state index contributed by atoms with van der Waals surface area (Å²) in [5, 5.41) is 0. The van der Waals surface area contributed by atoms with Gasteiger partial charge in [-0.2, -0.15) is 0 Å². The second-order valence-corrected chi connectivity index (χ2v) is 8.55. The number of fused-ring (bicyclic) bond motifs is 4. The minimum atomic E-state index is -0.402. The van der Waals surface area contributed by atoms with Crippen LogP contribution in [0.25, 0.3) is 0 Å². The molecule has 2 fully saturated rings. The maximum atomic E-state index is 11.7. The van der Waals surface area contributed by atoms with Crippen LogP contribution in [0.5, 0.6) is 5.75 Å². The first-order valence-electron chi connectivity index (χ1n) is 9.63. The molecule has 1 aromatic rings. The summed E-state index contributed by atoms with van der Waals surface area (Å²) < 4.78 is 5.48. The highest BCUT2D eigenvalue weighted by atomic mass is 16.5. The van der Waals surface area contributed by atoms with Crippen molar-refractivity contribution in [3.8, 4) is 5.75 Å². The quantitative estimate of drug-likeness (QED) is 0.801. The average Bonchev–Trinajstić information content (AvgIpc) is 2.78. The molecule has 3 aliphatic carbocycles. The van der Waals surface area contributed by atoms with Gasteiger partial charge in [-0.15, -0.1) is 0 Å². The molecule has 2 N–H and O–H groups in total. The summed E-state index contributed by atoms with van der Waals surface area (Å²) in [6.07, 6.45) is 8.56. The van der Waals surface area contributed by atoms with Crippen LogP contribution in [0.15, 0.2) is 24.3 Å². The predicted molar refractivity (Wildman–Crippen MR) is 99.9 cm³/mol. The third-order valence-electron chi connectivity index (χ3n) is 7.55. The maximum Gasteiger partial charge on any atom is 0.252 e. The zero-order chi connectivity index (χ0) is 17.8.